The molecule has 2 aromatic rings. The lowest BCUT2D eigenvalue weighted by molar-refractivity contribution is -0.143. The summed E-state index contributed by atoms with van der Waals surface area (Å²) in [4.78, 5) is 15.3. The zero-order valence-corrected chi connectivity index (χ0v) is 12.6. The number of ether oxygens (including phenoxy) is 1. The molecule has 0 bridgehead atoms. The van der Waals surface area contributed by atoms with Gasteiger partial charge < -0.3 is 9.26 Å². The highest BCUT2D eigenvalue weighted by Gasteiger charge is 2.26. The lowest BCUT2D eigenvalue weighted by atomic mass is 9.97. The number of alkyl halides is 2. The fraction of sp³-hybridized carbons (Fsp3) is 0.438. The molecule has 0 saturated heterocycles. The van der Waals surface area contributed by atoms with E-state index >= 15 is 0 Å². The fourth-order valence-electron chi connectivity index (χ4n) is 2.92. The highest BCUT2D eigenvalue weighted by Crippen LogP contribution is 2.37. The first kappa shape index (κ1) is 15.6. The molecule has 1 aromatic heterocycles. The summed E-state index contributed by atoms with van der Waals surface area (Å²) in [6.07, 6.45) is -0.726. The van der Waals surface area contributed by atoms with Gasteiger partial charge in [0.05, 0.1) is 13.0 Å². The smallest absolute Gasteiger partial charge is 0.315 e. The molecule has 0 amide bonds. The summed E-state index contributed by atoms with van der Waals surface area (Å²) in [5.41, 5.74) is 2.82. The molecule has 1 atom stereocenters. The topological polar surface area (TPSA) is 65.2 Å². The van der Waals surface area contributed by atoms with Crippen molar-refractivity contribution in [3.63, 3.8) is 0 Å². The van der Waals surface area contributed by atoms with E-state index in [0.29, 0.717) is 18.6 Å². The summed E-state index contributed by atoms with van der Waals surface area (Å²) in [6, 6.07) is 5.54. The van der Waals surface area contributed by atoms with Crippen LogP contribution in [-0.4, -0.2) is 22.7 Å². The molecule has 0 fully saturated rings. The van der Waals surface area contributed by atoms with Gasteiger partial charge in [-0.05, 0) is 42.9 Å². The average molecular weight is 322 g/mol. The minimum Gasteiger partial charge on any atom is -0.466 e. The number of hydrogen-bond acceptors (Lipinski definition) is 5. The Kier molecular flexibility index (Phi) is 4.36. The molecule has 0 radical (unpaired) electrons. The van der Waals surface area contributed by atoms with Gasteiger partial charge in [0.25, 0.3) is 5.89 Å². The summed E-state index contributed by atoms with van der Waals surface area (Å²) < 4.78 is 34.5. The first-order valence-corrected chi connectivity index (χ1v) is 7.49. The first-order chi connectivity index (χ1) is 11.1. The zero-order valence-electron chi connectivity index (χ0n) is 12.6. The van der Waals surface area contributed by atoms with Crippen molar-refractivity contribution in [3.8, 4) is 11.4 Å². The summed E-state index contributed by atoms with van der Waals surface area (Å²) in [7, 11) is 0. The van der Waals surface area contributed by atoms with E-state index in [1.54, 1.807) is 13.0 Å². The molecule has 7 heteroatoms. The Morgan fingerprint density at radius 3 is 3.00 bits per heavy atom. The van der Waals surface area contributed by atoms with Crippen LogP contribution < -0.4 is 0 Å². The maximum atomic E-state index is 12.5. The molecule has 122 valence electrons. The van der Waals surface area contributed by atoms with Gasteiger partial charge in [0.1, 0.15) is 0 Å². The van der Waals surface area contributed by atoms with Crippen LogP contribution >= 0.6 is 0 Å². The molecule has 23 heavy (non-hydrogen) atoms. The third-order valence-electron chi connectivity index (χ3n) is 3.95. The molecular formula is C16H16F2N2O3. The number of rotatable bonds is 5. The van der Waals surface area contributed by atoms with Crippen molar-refractivity contribution in [2.75, 3.05) is 6.61 Å². The van der Waals surface area contributed by atoms with Crippen molar-refractivity contribution in [2.24, 2.45) is 0 Å². The molecule has 1 aliphatic rings. The van der Waals surface area contributed by atoms with Gasteiger partial charge in [-0.3, -0.25) is 4.79 Å². The molecule has 3 rings (SSSR count). The number of aromatic nitrogens is 2. The highest BCUT2D eigenvalue weighted by molar-refractivity contribution is 5.71. The number of halogens is 2. The van der Waals surface area contributed by atoms with Crippen LogP contribution in [0.4, 0.5) is 8.78 Å². The predicted molar refractivity (Wildman–Crippen MR) is 77.0 cm³/mol. The van der Waals surface area contributed by atoms with Crippen molar-refractivity contribution in [2.45, 2.75) is 38.5 Å². The number of fused-ring (bicyclic) bond motifs is 1. The van der Waals surface area contributed by atoms with Crippen LogP contribution in [0.15, 0.2) is 22.7 Å². The van der Waals surface area contributed by atoms with Crippen molar-refractivity contribution in [1.82, 2.24) is 10.1 Å². The van der Waals surface area contributed by atoms with Crippen LogP contribution in [0.2, 0.25) is 0 Å². The molecule has 1 aromatic carbocycles. The maximum Gasteiger partial charge on any atom is 0.315 e. The van der Waals surface area contributed by atoms with Crippen molar-refractivity contribution >= 4 is 5.97 Å². The summed E-state index contributed by atoms with van der Waals surface area (Å²) in [5.74, 6) is -0.591. The Balaban J connectivity index is 1.79. The first-order valence-electron chi connectivity index (χ1n) is 7.49. The number of benzene rings is 1. The van der Waals surface area contributed by atoms with Gasteiger partial charge in [-0.15, -0.1) is 0 Å². The van der Waals surface area contributed by atoms with Gasteiger partial charge in [-0.2, -0.15) is 13.8 Å². The van der Waals surface area contributed by atoms with E-state index in [4.69, 9.17) is 4.74 Å². The second-order valence-electron chi connectivity index (χ2n) is 5.42. The van der Waals surface area contributed by atoms with Crippen LogP contribution in [0.5, 0.6) is 0 Å². The molecule has 0 aliphatic heterocycles. The van der Waals surface area contributed by atoms with E-state index in [1.165, 1.54) is 0 Å². The lowest BCUT2D eigenvalue weighted by Crippen LogP contribution is -2.08. The van der Waals surface area contributed by atoms with Gasteiger partial charge >= 0.3 is 12.4 Å². The second kappa shape index (κ2) is 6.44. The molecule has 1 heterocycles. The van der Waals surface area contributed by atoms with Gasteiger partial charge in [0.15, 0.2) is 0 Å². The zero-order chi connectivity index (χ0) is 16.4. The van der Waals surface area contributed by atoms with Crippen LogP contribution in [0.1, 0.15) is 49.1 Å². The van der Waals surface area contributed by atoms with Crippen LogP contribution in [0.25, 0.3) is 11.4 Å². The van der Waals surface area contributed by atoms with Crippen molar-refractivity contribution < 1.29 is 22.8 Å². The van der Waals surface area contributed by atoms with Crippen LogP contribution in [-0.2, 0) is 16.0 Å². The highest BCUT2D eigenvalue weighted by atomic mass is 19.3. The van der Waals surface area contributed by atoms with E-state index in [2.05, 4.69) is 14.7 Å². The van der Waals surface area contributed by atoms with Gasteiger partial charge in [-0.1, -0.05) is 17.3 Å². The summed E-state index contributed by atoms with van der Waals surface area (Å²) in [5, 5.41) is 3.58. The average Bonchev–Trinajstić information content (AvgIpc) is 3.14. The Morgan fingerprint density at radius 2 is 2.30 bits per heavy atom. The van der Waals surface area contributed by atoms with Gasteiger partial charge in [0, 0.05) is 5.56 Å². The number of hydrogen-bond donors (Lipinski definition) is 0. The monoisotopic (exact) mass is 322 g/mol. The third-order valence-corrected chi connectivity index (χ3v) is 3.95. The minimum absolute atomic E-state index is 0.139. The Morgan fingerprint density at radius 1 is 1.48 bits per heavy atom. The number of carbonyl (C=O) groups excluding carboxylic acids is 1. The van der Waals surface area contributed by atoms with E-state index in [1.807, 2.05) is 12.1 Å². The SMILES string of the molecule is CCOC(=O)C[C@@H]1CCc2cc(-c3noc(C(F)F)n3)ccc21. The Labute approximate surface area is 131 Å². The number of carbonyl (C=O) groups is 1. The Hall–Kier alpha value is -2.31. The summed E-state index contributed by atoms with van der Waals surface area (Å²) in [6.45, 7) is 2.16. The molecule has 0 unspecified atom stereocenters. The molecule has 0 N–H and O–H groups in total. The molecule has 5 nitrogen and oxygen atoms in total. The molecule has 1 aliphatic carbocycles. The predicted octanol–water partition coefficient (Wildman–Crippen LogP) is 3.66. The molecule has 0 spiro atoms. The normalized spacial score (nSPS) is 16.6. The van der Waals surface area contributed by atoms with Gasteiger partial charge in [-0.25, -0.2) is 0 Å². The maximum absolute atomic E-state index is 12.5. The van der Waals surface area contributed by atoms with E-state index < -0.39 is 12.3 Å². The van der Waals surface area contributed by atoms with E-state index in [-0.39, 0.29) is 17.7 Å². The number of nitrogens with zero attached hydrogens (tertiary/aromatic N) is 2. The van der Waals surface area contributed by atoms with Crippen molar-refractivity contribution in [1.29, 1.82) is 0 Å². The largest absolute Gasteiger partial charge is 0.466 e. The fourth-order valence-corrected chi connectivity index (χ4v) is 2.92. The van der Waals surface area contributed by atoms with Gasteiger partial charge in [0.2, 0.25) is 5.82 Å². The molecule has 0 saturated carbocycles. The van der Waals surface area contributed by atoms with Crippen molar-refractivity contribution in [3.05, 3.63) is 35.2 Å². The second-order valence-corrected chi connectivity index (χ2v) is 5.42. The quantitative estimate of drug-likeness (QED) is 0.786. The molecular weight excluding hydrogens is 306 g/mol. The van der Waals surface area contributed by atoms with E-state index in [0.717, 1.165) is 24.0 Å². The standard InChI is InChI=1S/C16H16F2N2O3/c1-2-22-13(21)8-10-4-3-9-7-11(5-6-12(9)10)15-19-16(14(17)18)23-20-15/h5-7,10,14H,2-4,8H2,1H3/t10-/m0/s1. The van der Waals surface area contributed by atoms with E-state index in [9.17, 15) is 13.6 Å². The third kappa shape index (κ3) is 3.23. The van der Waals surface area contributed by atoms with Crippen LogP contribution in [0.3, 0.4) is 0 Å². The lowest BCUT2D eigenvalue weighted by Gasteiger charge is -2.10. The Bertz CT molecular complexity index is 715. The minimum atomic E-state index is -2.78. The number of esters is 1. The number of aryl methyl sites for hydroxylation is 1. The van der Waals surface area contributed by atoms with Crippen LogP contribution in [0, 0.1) is 0 Å². The summed E-state index contributed by atoms with van der Waals surface area (Å²) >= 11 is 0.